The van der Waals surface area contributed by atoms with E-state index in [0.29, 0.717) is 55.7 Å². The van der Waals surface area contributed by atoms with Gasteiger partial charge in [-0.1, -0.05) is 12.1 Å². The number of rotatable bonds is 12. The van der Waals surface area contributed by atoms with Crippen LogP contribution in [0.2, 0.25) is 0 Å². The van der Waals surface area contributed by atoms with Crippen LogP contribution in [0.5, 0.6) is 0 Å². The molecule has 17 nitrogen and oxygen atoms in total. The molecule has 0 spiro atoms. The van der Waals surface area contributed by atoms with Crippen LogP contribution in [0.25, 0.3) is 16.7 Å². The summed E-state index contributed by atoms with van der Waals surface area (Å²) in [5.41, 5.74) is 2.26. The number of amides is 3. The predicted octanol–water partition coefficient (Wildman–Crippen LogP) is 4.43. The van der Waals surface area contributed by atoms with Gasteiger partial charge in [0.15, 0.2) is 11.3 Å². The summed E-state index contributed by atoms with van der Waals surface area (Å²) < 4.78 is 46.6. The van der Waals surface area contributed by atoms with Gasteiger partial charge >= 0.3 is 5.69 Å². The van der Waals surface area contributed by atoms with Crippen LogP contribution in [0.4, 0.5) is 20.3 Å². The number of carbonyl (C=O) groups excluding carboxylic acids is 3. The van der Waals surface area contributed by atoms with Crippen LogP contribution in [0.1, 0.15) is 97.9 Å². The lowest BCUT2D eigenvalue weighted by molar-refractivity contribution is -0.135. The molecule has 4 aromatic heterocycles. The minimum Gasteiger partial charge on any atom is -0.380 e. The van der Waals surface area contributed by atoms with Crippen LogP contribution in [-0.4, -0.2) is 115 Å². The monoisotopic (exact) mass is 857 g/mol. The molecule has 1 saturated carbocycles. The number of para-hydroxylation sites is 1. The maximum Gasteiger partial charge on any atom is 0.329 e. The summed E-state index contributed by atoms with van der Waals surface area (Å²) >= 11 is 0. The third-order valence-corrected chi connectivity index (χ3v) is 13.1. The molecule has 2 atom stereocenters. The second kappa shape index (κ2) is 18.1. The summed E-state index contributed by atoms with van der Waals surface area (Å²) in [6.07, 6.45) is 9.18. The molecule has 4 aliphatic rings. The van der Waals surface area contributed by atoms with Gasteiger partial charge < -0.3 is 19.7 Å². The molecule has 3 amide bonds. The minimum absolute atomic E-state index is 0.0134. The van der Waals surface area contributed by atoms with E-state index in [2.05, 4.69) is 30.6 Å². The molecular weight excluding hydrogens is 805 g/mol. The first-order valence-corrected chi connectivity index (χ1v) is 21.8. The van der Waals surface area contributed by atoms with Crippen molar-refractivity contribution >= 4 is 45.9 Å². The molecule has 19 heteroatoms. The zero-order valence-electron chi connectivity index (χ0n) is 34.9. The van der Waals surface area contributed by atoms with E-state index in [9.17, 15) is 28.0 Å². The SMILES string of the molecule is Cn1c(=O)n(C2CCC(=O)NC2=O)c2cccc(CC[C@@H]3CN(CCC4CCC(n5cc(NC(=O)c6cnn7ccc(N8CCCOCC8)nc67)c(C(F)F)n5)CC4)CCO3)c21. The molecule has 1 aromatic carbocycles. The first-order valence-electron chi connectivity index (χ1n) is 21.8. The van der Waals surface area contributed by atoms with Crippen LogP contribution in [0, 0.1) is 5.92 Å². The van der Waals surface area contributed by atoms with Gasteiger partial charge in [0.25, 0.3) is 12.3 Å². The molecular formula is C43H53F2N11O6. The molecule has 9 rings (SSSR count). The minimum atomic E-state index is -2.87. The Labute approximate surface area is 356 Å². The van der Waals surface area contributed by atoms with Crippen LogP contribution in [0.3, 0.4) is 0 Å². The van der Waals surface area contributed by atoms with Gasteiger partial charge in [0.05, 0.1) is 48.3 Å². The summed E-state index contributed by atoms with van der Waals surface area (Å²) in [7, 11) is 1.72. The summed E-state index contributed by atoms with van der Waals surface area (Å²) in [6, 6.07) is 6.85. The van der Waals surface area contributed by atoms with Crippen molar-refractivity contribution in [1.82, 2.24) is 43.7 Å². The fourth-order valence-electron chi connectivity index (χ4n) is 9.70. The fraction of sp³-hybridized carbons (Fsp3) is 0.558. The number of ether oxygens (including phenoxy) is 2. The van der Waals surface area contributed by atoms with E-state index in [-0.39, 0.29) is 47.8 Å². The number of halogens is 2. The van der Waals surface area contributed by atoms with E-state index in [1.54, 1.807) is 22.5 Å². The van der Waals surface area contributed by atoms with Crippen molar-refractivity contribution in [3.8, 4) is 0 Å². The highest BCUT2D eigenvalue weighted by Gasteiger charge is 2.33. The summed E-state index contributed by atoms with van der Waals surface area (Å²) in [4.78, 5) is 60.6. The van der Waals surface area contributed by atoms with Gasteiger partial charge in [0.2, 0.25) is 11.8 Å². The average Bonchev–Trinajstić information content (AvgIpc) is 3.89. The topological polar surface area (TPSA) is 175 Å². The Bertz CT molecular complexity index is 2500. The first-order chi connectivity index (χ1) is 30.1. The summed E-state index contributed by atoms with van der Waals surface area (Å²) in [5.74, 6) is -0.150. The van der Waals surface area contributed by atoms with Crippen molar-refractivity contribution < 1.29 is 32.6 Å². The van der Waals surface area contributed by atoms with Crippen LogP contribution >= 0.6 is 0 Å². The van der Waals surface area contributed by atoms with Gasteiger partial charge in [-0.2, -0.15) is 10.2 Å². The number of hydrogen-bond acceptors (Lipinski definition) is 11. The van der Waals surface area contributed by atoms with Crippen molar-refractivity contribution in [3.63, 3.8) is 0 Å². The molecule has 62 heavy (non-hydrogen) atoms. The number of hydrogen-bond donors (Lipinski definition) is 2. The van der Waals surface area contributed by atoms with Crippen molar-refractivity contribution in [3.05, 3.63) is 70.2 Å². The van der Waals surface area contributed by atoms with Crippen LogP contribution in [0.15, 0.2) is 47.7 Å². The summed E-state index contributed by atoms with van der Waals surface area (Å²) in [5, 5.41) is 13.6. The number of imidazole rings is 1. The number of aromatic nitrogens is 7. The van der Waals surface area contributed by atoms with E-state index in [4.69, 9.17) is 14.5 Å². The number of imide groups is 1. The molecule has 2 N–H and O–H groups in total. The molecule has 3 saturated heterocycles. The lowest BCUT2D eigenvalue weighted by atomic mass is 9.84. The Morgan fingerprint density at radius 3 is 2.69 bits per heavy atom. The molecule has 5 aromatic rings. The fourth-order valence-corrected chi connectivity index (χ4v) is 9.70. The maximum atomic E-state index is 14.3. The number of nitrogens with zero attached hydrogens (tertiary/aromatic N) is 9. The van der Waals surface area contributed by atoms with Crippen molar-refractivity contribution in [2.24, 2.45) is 13.0 Å². The van der Waals surface area contributed by atoms with Gasteiger partial charge in [-0.3, -0.25) is 38.4 Å². The molecule has 4 fully saturated rings. The number of benzene rings is 1. The number of piperidine rings is 1. The summed E-state index contributed by atoms with van der Waals surface area (Å²) in [6.45, 7) is 5.94. The van der Waals surface area contributed by atoms with Gasteiger partial charge in [-0.15, -0.1) is 0 Å². The second-order valence-corrected chi connectivity index (χ2v) is 17.0. The number of fused-ring (bicyclic) bond motifs is 2. The third-order valence-electron chi connectivity index (χ3n) is 13.1. The molecule has 7 heterocycles. The molecule has 0 radical (unpaired) electrons. The van der Waals surface area contributed by atoms with Gasteiger partial charge in [-0.05, 0) is 87.9 Å². The Hall–Kier alpha value is -5.53. The zero-order valence-corrected chi connectivity index (χ0v) is 34.9. The maximum absolute atomic E-state index is 14.3. The average molecular weight is 858 g/mol. The van der Waals surface area contributed by atoms with Gasteiger partial charge in [0, 0.05) is 58.6 Å². The predicted molar refractivity (Wildman–Crippen MR) is 224 cm³/mol. The quantitative estimate of drug-likeness (QED) is 0.170. The number of carbonyl (C=O) groups is 3. The number of alkyl halides is 2. The molecule has 330 valence electrons. The molecule has 3 aliphatic heterocycles. The molecule has 1 aliphatic carbocycles. The Kier molecular flexibility index (Phi) is 12.2. The highest BCUT2D eigenvalue weighted by atomic mass is 19.3. The third kappa shape index (κ3) is 8.61. The van der Waals surface area contributed by atoms with E-state index >= 15 is 0 Å². The number of morpholine rings is 1. The highest BCUT2D eigenvalue weighted by molar-refractivity contribution is 6.08. The standard InChI is InChI=1S/C43H53F2N11O6/c1-51-38-28(4-2-5-33(38)56(43(51)60)34-12-13-36(57)49-42(34)59)8-11-30-25-52(19-23-62-30)17-14-27-6-9-29(10-7-27)55-26-32(37(50-55)39(44)45)47-41(58)31-24-46-54-18-15-35(48-40(31)54)53-16-3-21-61-22-20-53/h2,4-5,15,18,24,26-27,29-30,34,39H,3,6-14,16-17,19-23,25H2,1H3,(H,47,58)(H,49,57,59)/t27?,29?,30-,34?/m1/s1. The van der Waals surface area contributed by atoms with Crippen molar-refractivity contribution in [2.75, 3.05) is 62.8 Å². The Morgan fingerprint density at radius 1 is 1.02 bits per heavy atom. The Morgan fingerprint density at radius 2 is 1.87 bits per heavy atom. The molecule has 1 unspecified atom stereocenters. The second-order valence-electron chi connectivity index (χ2n) is 17.0. The first kappa shape index (κ1) is 41.8. The Balaban J connectivity index is 0.774. The van der Waals surface area contributed by atoms with Gasteiger partial charge in [-0.25, -0.2) is 23.1 Å². The number of anilines is 2. The largest absolute Gasteiger partial charge is 0.380 e. The lowest BCUT2D eigenvalue weighted by Gasteiger charge is -2.35. The van der Waals surface area contributed by atoms with E-state index in [1.165, 1.54) is 21.5 Å². The van der Waals surface area contributed by atoms with Crippen molar-refractivity contribution in [1.29, 1.82) is 0 Å². The van der Waals surface area contributed by atoms with E-state index in [1.807, 2.05) is 24.3 Å². The lowest BCUT2D eigenvalue weighted by Crippen LogP contribution is -2.44. The number of nitrogens with one attached hydrogen (secondary N) is 2. The van der Waals surface area contributed by atoms with Crippen LogP contribution < -0.4 is 21.2 Å². The normalized spacial score (nSPS) is 23.0. The van der Waals surface area contributed by atoms with Gasteiger partial charge in [0.1, 0.15) is 17.4 Å². The van der Waals surface area contributed by atoms with Crippen LogP contribution in [-0.2, 0) is 32.5 Å². The smallest absolute Gasteiger partial charge is 0.329 e. The van der Waals surface area contributed by atoms with Crippen molar-refractivity contribution in [2.45, 2.75) is 88.8 Å². The van der Waals surface area contributed by atoms with E-state index in [0.717, 1.165) is 82.2 Å². The number of aryl methyl sites for hydroxylation is 2. The highest BCUT2D eigenvalue weighted by Crippen LogP contribution is 2.36. The zero-order chi connectivity index (χ0) is 42.9. The molecule has 0 bridgehead atoms. The van der Waals surface area contributed by atoms with E-state index < -0.39 is 30.0 Å².